The summed E-state index contributed by atoms with van der Waals surface area (Å²) in [6.45, 7) is 2.16. The number of aliphatic carboxylic acids is 1. The summed E-state index contributed by atoms with van der Waals surface area (Å²) in [7, 11) is 0. The van der Waals surface area contributed by atoms with Gasteiger partial charge in [-0.05, 0) is 25.1 Å². The van der Waals surface area contributed by atoms with Crippen LogP contribution >= 0.6 is 0 Å². The Bertz CT molecular complexity index is 505. The molecule has 102 valence electrons. The Balaban J connectivity index is 1.90. The normalized spacial score (nSPS) is 22.8. The number of rotatable bonds is 4. The van der Waals surface area contributed by atoms with Crippen molar-refractivity contribution in [3.05, 3.63) is 29.7 Å². The molecule has 0 aliphatic carbocycles. The molecule has 1 aromatic rings. The molecule has 1 saturated heterocycles. The summed E-state index contributed by atoms with van der Waals surface area (Å²) in [4.78, 5) is 22.6. The van der Waals surface area contributed by atoms with Gasteiger partial charge in [-0.3, -0.25) is 9.59 Å². The lowest BCUT2D eigenvalue weighted by molar-refractivity contribution is -0.142. The minimum Gasteiger partial charge on any atom is -0.481 e. The number of carboxylic acids is 1. The van der Waals surface area contributed by atoms with Crippen molar-refractivity contribution in [2.45, 2.75) is 13.0 Å². The van der Waals surface area contributed by atoms with Crippen molar-refractivity contribution in [1.29, 1.82) is 0 Å². The van der Waals surface area contributed by atoms with E-state index >= 15 is 0 Å². The average molecular weight is 265 g/mol. The molecule has 2 unspecified atom stereocenters. The third-order valence-corrected chi connectivity index (χ3v) is 2.89. The van der Waals surface area contributed by atoms with E-state index in [0.717, 1.165) is 5.76 Å². The molecule has 1 fully saturated rings. The van der Waals surface area contributed by atoms with Gasteiger partial charge in [0, 0.05) is 6.08 Å². The van der Waals surface area contributed by atoms with E-state index in [4.69, 9.17) is 14.3 Å². The van der Waals surface area contributed by atoms with Crippen LogP contribution in [-0.4, -0.2) is 36.2 Å². The van der Waals surface area contributed by atoms with E-state index in [2.05, 4.69) is 5.32 Å². The number of hydrogen-bond donors (Lipinski definition) is 2. The lowest BCUT2D eigenvalue weighted by atomic mass is 10.0. The van der Waals surface area contributed by atoms with E-state index in [9.17, 15) is 9.59 Å². The van der Waals surface area contributed by atoms with Crippen LogP contribution in [0.25, 0.3) is 6.08 Å². The van der Waals surface area contributed by atoms with Crippen LogP contribution in [0.15, 0.2) is 22.6 Å². The summed E-state index contributed by atoms with van der Waals surface area (Å²) < 4.78 is 10.3. The molecular weight excluding hydrogens is 250 g/mol. The second kappa shape index (κ2) is 5.71. The van der Waals surface area contributed by atoms with Crippen molar-refractivity contribution in [2.24, 2.45) is 5.92 Å². The third-order valence-electron chi connectivity index (χ3n) is 2.89. The summed E-state index contributed by atoms with van der Waals surface area (Å²) in [6.07, 6.45) is 2.85. The summed E-state index contributed by atoms with van der Waals surface area (Å²) in [5, 5.41) is 11.6. The lowest BCUT2D eigenvalue weighted by Gasteiger charge is -2.13. The number of nitrogens with one attached hydrogen (secondary N) is 1. The maximum atomic E-state index is 11.7. The van der Waals surface area contributed by atoms with Gasteiger partial charge in [-0.25, -0.2) is 0 Å². The first-order chi connectivity index (χ1) is 9.06. The number of carbonyl (C=O) groups is 2. The molecule has 2 rings (SSSR count). The molecule has 6 heteroatoms. The van der Waals surface area contributed by atoms with Crippen molar-refractivity contribution in [1.82, 2.24) is 5.32 Å². The fourth-order valence-electron chi connectivity index (χ4n) is 1.87. The zero-order valence-corrected chi connectivity index (χ0v) is 10.5. The Kier molecular flexibility index (Phi) is 4.01. The molecule has 0 radical (unpaired) electrons. The Morgan fingerprint density at radius 3 is 2.84 bits per heavy atom. The minimum absolute atomic E-state index is 0.126. The highest BCUT2D eigenvalue weighted by molar-refractivity contribution is 5.92. The van der Waals surface area contributed by atoms with Gasteiger partial charge in [0.05, 0.1) is 19.3 Å². The zero-order chi connectivity index (χ0) is 13.8. The van der Waals surface area contributed by atoms with Crippen molar-refractivity contribution in [2.75, 3.05) is 13.2 Å². The van der Waals surface area contributed by atoms with Gasteiger partial charge in [0.1, 0.15) is 17.4 Å². The molecule has 1 aromatic heterocycles. The second-order valence-corrected chi connectivity index (χ2v) is 4.38. The molecule has 2 atom stereocenters. The third kappa shape index (κ3) is 3.45. The van der Waals surface area contributed by atoms with E-state index in [1.165, 1.54) is 12.2 Å². The molecule has 0 spiro atoms. The van der Waals surface area contributed by atoms with Gasteiger partial charge >= 0.3 is 5.97 Å². The molecule has 2 N–H and O–H groups in total. The fourth-order valence-corrected chi connectivity index (χ4v) is 1.87. The summed E-state index contributed by atoms with van der Waals surface area (Å²) >= 11 is 0. The van der Waals surface area contributed by atoms with Crippen LogP contribution < -0.4 is 5.32 Å². The molecule has 0 aromatic carbocycles. The van der Waals surface area contributed by atoms with Crippen molar-refractivity contribution in [3.63, 3.8) is 0 Å². The molecule has 1 aliphatic heterocycles. The predicted molar refractivity (Wildman–Crippen MR) is 66.4 cm³/mol. The van der Waals surface area contributed by atoms with Gasteiger partial charge in [-0.15, -0.1) is 0 Å². The molecule has 0 saturated carbocycles. The van der Waals surface area contributed by atoms with Crippen LogP contribution in [0.1, 0.15) is 11.5 Å². The van der Waals surface area contributed by atoms with Crippen LogP contribution in [0.3, 0.4) is 0 Å². The number of carboxylic acid groups (broad SMARTS) is 1. The monoisotopic (exact) mass is 265 g/mol. The van der Waals surface area contributed by atoms with E-state index in [1.807, 2.05) is 6.92 Å². The van der Waals surface area contributed by atoms with Crippen molar-refractivity contribution >= 4 is 18.0 Å². The lowest BCUT2D eigenvalue weighted by Crippen LogP contribution is -2.41. The standard InChI is InChI=1S/C13H15NO5/c1-8-2-3-9(19-8)4-5-12(15)14-11-7-18-6-10(11)13(16)17/h2-5,10-11H,6-7H2,1H3,(H,14,15)(H,16,17). The average Bonchev–Trinajstić information content (AvgIpc) is 2.95. The highest BCUT2D eigenvalue weighted by Crippen LogP contribution is 2.14. The quantitative estimate of drug-likeness (QED) is 0.787. The van der Waals surface area contributed by atoms with Gasteiger partial charge < -0.3 is 19.6 Å². The fraction of sp³-hybridized carbons (Fsp3) is 0.385. The summed E-state index contributed by atoms with van der Waals surface area (Å²) in [5.41, 5.74) is 0. The van der Waals surface area contributed by atoms with Gasteiger partial charge in [0.2, 0.25) is 5.91 Å². The first-order valence-corrected chi connectivity index (χ1v) is 5.92. The van der Waals surface area contributed by atoms with Crippen LogP contribution in [0.2, 0.25) is 0 Å². The minimum atomic E-state index is -0.964. The number of ether oxygens (including phenoxy) is 1. The molecule has 2 heterocycles. The van der Waals surface area contributed by atoms with Crippen LogP contribution in [-0.2, 0) is 14.3 Å². The maximum Gasteiger partial charge on any atom is 0.311 e. The Morgan fingerprint density at radius 1 is 1.42 bits per heavy atom. The number of hydrogen-bond acceptors (Lipinski definition) is 4. The molecule has 0 bridgehead atoms. The molecule has 6 nitrogen and oxygen atoms in total. The number of aryl methyl sites for hydroxylation is 1. The number of amides is 1. The first kappa shape index (κ1) is 13.4. The van der Waals surface area contributed by atoms with E-state index in [0.29, 0.717) is 5.76 Å². The van der Waals surface area contributed by atoms with E-state index < -0.39 is 17.9 Å². The van der Waals surface area contributed by atoms with Crippen molar-refractivity contribution in [3.8, 4) is 0 Å². The topological polar surface area (TPSA) is 88.8 Å². The first-order valence-electron chi connectivity index (χ1n) is 5.92. The number of carbonyl (C=O) groups excluding carboxylic acids is 1. The highest BCUT2D eigenvalue weighted by atomic mass is 16.5. The van der Waals surface area contributed by atoms with Gasteiger partial charge in [0.25, 0.3) is 0 Å². The van der Waals surface area contributed by atoms with Crippen LogP contribution in [0.4, 0.5) is 0 Å². The molecular formula is C13H15NO5. The molecule has 1 amide bonds. The number of furan rings is 1. The zero-order valence-electron chi connectivity index (χ0n) is 10.5. The van der Waals surface area contributed by atoms with Gasteiger partial charge in [-0.2, -0.15) is 0 Å². The molecule has 19 heavy (non-hydrogen) atoms. The smallest absolute Gasteiger partial charge is 0.311 e. The second-order valence-electron chi connectivity index (χ2n) is 4.38. The largest absolute Gasteiger partial charge is 0.481 e. The Hall–Kier alpha value is -2.08. The maximum absolute atomic E-state index is 11.7. The molecule has 1 aliphatic rings. The van der Waals surface area contributed by atoms with Crippen molar-refractivity contribution < 1.29 is 23.8 Å². The van der Waals surface area contributed by atoms with Crippen LogP contribution in [0, 0.1) is 12.8 Å². The SMILES string of the molecule is Cc1ccc(C=CC(=O)NC2COCC2C(=O)O)o1. The Morgan fingerprint density at radius 2 is 2.21 bits per heavy atom. The Labute approximate surface area is 110 Å². The summed E-state index contributed by atoms with van der Waals surface area (Å²) in [5.74, 6) is -0.687. The van der Waals surface area contributed by atoms with E-state index in [1.54, 1.807) is 12.1 Å². The van der Waals surface area contributed by atoms with Crippen LogP contribution in [0.5, 0.6) is 0 Å². The van der Waals surface area contributed by atoms with Gasteiger partial charge in [0.15, 0.2) is 0 Å². The highest BCUT2D eigenvalue weighted by Gasteiger charge is 2.34. The predicted octanol–water partition coefficient (Wildman–Crippen LogP) is 0.817. The van der Waals surface area contributed by atoms with Gasteiger partial charge in [-0.1, -0.05) is 0 Å². The van der Waals surface area contributed by atoms with E-state index in [-0.39, 0.29) is 19.1 Å². The summed E-state index contributed by atoms with van der Waals surface area (Å²) in [6, 6.07) is 3.05.